The van der Waals surface area contributed by atoms with Crippen LogP contribution in [0.5, 0.6) is 0 Å². The van der Waals surface area contributed by atoms with Crippen molar-refractivity contribution >= 4 is 0 Å². The molecule has 0 saturated carbocycles. The fourth-order valence-corrected chi connectivity index (χ4v) is 1.62. The third-order valence-electron chi connectivity index (χ3n) is 2.69. The van der Waals surface area contributed by atoms with Gasteiger partial charge in [-0.05, 0) is 11.5 Å². The van der Waals surface area contributed by atoms with Crippen LogP contribution in [-0.4, -0.2) is 9.97 Å². The summed E-state index contributed by atoms with van der Waals surface area (Å²) in [6, 6.07) is 9.82. The summed E-state index contributed by atoms with van der Waals surface area (Å²) >= 11 is 0. The second kappa shape index (κ2) is 4.49. The Morgan fingerprint density at radius 2 is 1.88 bits per heavy atom. The van der Waals surface area contributed by atoms with Crippen molar-refractivity contribution in [2.75, 3.05) is 0 Å². The Labute approximate surface area is 95.7 Å². The lowest BCUT2D eigenvalue weighted by Crippen LogP contribution is -2.13. The maximum atomic E-state index is 6.14. The molecule has 0 radical (unpaired) electrons. The van der Waals surface area contributed by atoms with Gasteiger partial charge in [0.2, 0.25) is 0 Å². The Hall–Kier alpha value is -1.61. The normalized spacial score (nSPS) is 13.0. The van der Waals surface area contributed by atoms with Crippen molar-refractivity contribution in [2.45, 2.75) is 25.8 Å². The number of benzene rings is 1. The van der Waals surface area contributed by atoms with Crippen LogP contribution in [0.3, 0.4) is 0 Å². The number of imidazole rings is 1. The van der Waals surface area contributed by atoms with Gasteiger partial charge in [-0.15, -0.1) is 0 Å². The van der Waals surface area contributed by atoms with Gasteiger partial charge in [0.15, 0.2) is 0 Å². The lowest BCUT2D eigenvalue weighted by Gasteiger charge is -2.08. The van der Waals surface area contributed by atoms with Crippen LogP contribution in [0.15, 0.2) is 36.5 Å². The second-order valence-corrected chi connectivity index (χ2v) is 4.27. The number of hydrogen-bond acceptors (Lipinski definition) is 2. The highest BCUT2D eigenvalue weighted by atomic mass is 15.0. The van der Waals surface area contributed by atoms with Crippen LogP contribution in [0.2, 0.25) is 0 Å². The molecule has 0 fully saturated rings. The van der Waals surface area contributed by atoms with Crippen molar-refractivity contribution in [1.29, 1.82) is 0 Å². The van der Waals surface area contributed by atoms with Crippen LogP contribution < -0.4 is 5.73 Å². The monoisotopic (exact) mass is 215 g/mol. The molecule has 0 aliphatic heterocycles. The Balaban J connectivity index is 2.24. The number of nitrogens with two attached hydrogens (primary N) is 1. The summed E-state index contributed by atoms with van der Waals surface area (Å²) in [4.78, 5) is 7.61. The zero-order valence-electron chi connectivity index (χ0n) is 9.64. The fraction of sp³-hybridized carbons (Fsp3) is 0.308. The van der Waals surface area contributed by atoms with Gasteiger partial charge in [0.1, 0.15) is 5.82 Å². The smallest absolute Gasteiger partial charge is 0.127 e. The Morgan fingerprint density at radius 3 is 2.44 bits per heavy atom. The molecule has 1 aromatic carbocycles. The zero-order chi connectivity index (χ0) is 11.5. The van der Waals surface area contributed by atoms with Crippen molar-refractivity contribution in [3.05, 3.63) is 53.6 Å². The minimum Gasteiger partial charge on any atom is -0.344 e. The summed E-state index contributed by atoms with van der Waals surface area (Å²) in [6.07, 6.45) is 1.86. The second-order valence-electron chi connectivity index (χ2n) is 4.27. The number of aromatic nitrogens is 2. The maximum absolute atomic E-state index is 6.14. The molecule has 0 amide bonds. The van der Waals surface area contributed by atoms with E-state index in [2.05, 4.69) is 23.8 Å². The summed E-state index contributed by atoms with van der Waals surface area (Å²) in [6.45, 7) is 4.26. The Morgan fingerprint density at radius 1 is 1.19 bits per heavy atom. The molecule has 1 atom stereocenters. The van der Waals surface area contributed by atoms with Crippen molar-refractivity contribution in [3.63, 3.8) is 0 Å². The summed E-state index contributed by atoms with van der Waals surface area (Å²) in [5, 5.41) is 0. The van der Waals surface area contributed by atoms with Gasteiger partial charge >= 0.3 is 0 Å². The number of rotatable bonds is 3. The lowest BCUT2D eigenvalue weighted by atomic mass is 10.1. The molecular formula is C13H17N3. The van der Waals surface area contributed by atoms with E-state index in [9.17, 15) is 0 Å². The molecule has 2 aromatic rings. The third-order valence-corrected chi connectivity index (χ3v) is 2.69. The highest BCUT2D eigenvalue weighted by Crippen LogP contribution is 2.19. The van der Waals surface area contributed by atoms with Crippen LogP contribution in [0, 0.1) is 0 Å². The first kappa shape index (κ1) is 10.9. The predicted octanol–water partition coefficient (Wildman–Crippen LogP) is 2.58. The van der Waals surface area contributed by atoms with E-state index in [1.165, 1.54) is 0 Å². The number of hydrogen-bond donors (Lipinski definition) is 2. The molecule has 2 rings (SSSR count). The van der Waals surface area contributed by atoms with Gasteiger partial charge in [0, 0.05) is 11.9 Å². The van der Waals surface area contributed by atoms with Crippen LogP contribution in [0.1, 0.15) is 42.9 Å². The molecule has 0 saturated heterocycles. The van der Waals surface area contributed by atoms with Gasteiger partial charge in [-0.3, -0.25) is 0 Å². The standard InChI is InChI=1S/C13H17N3/c1-9(2)11-8-15-13(16-11)12(14)10-6-4-3-5-7-10/h3-9,12H,14H2,1-2H3,(H,15,16). The summed E-state index contributed by atoms with van der Waals surface area (Å²) < 4.78 is 0. The molecule has 0 spiro atoms. The molecule has 0 aliphatic carbocycles. The zero-order valence-corrected chi connectivity index (χ0v) is 9.64. The van der Waals surface area contributed by atoms with Gasteiger partial charge in [0.25, 0.3) is 0 Å². The molecule has 84 valence electrons. The Bertz CT molecular complexity index is 445. The van der Waals surface area contributed by atoms with Crippen molar-refractivity contribution < 1.29 is 0 Å². The average molecular weight is 215 g/mol. The SMILES string of the molecule is CC(C)c1cnc(C(N)c2ccccc2)[nH]1. The van der Waals surface area contributed by atoms with Gasteiger partial charge < -0.3 is 10.7 Å². The van der Waals surface area contributed by atoms with Crippen molar-refractivity contribution in [3.8, 4) is 0 Å². The minimum atomic E-state index is -0.173. The third kappa shape index (κ3) is 2.14. The van der Waals surface area contributed by atoms with Crippen molar-refractivity contribution in [2.24, 2.45) is 5.73 Å². The molecule has 1 aromatic heterocycles. The van der Waals surface area contributed by atoms with E-state index >= 15 is 0 Å². The summed E-state index contributed by atoms with van der Waals surface area (Å²) in [7, 11) is 0. The molecule has 16 heavy (non-hydrogen) atoms. The number of H-pyrrole nitrogens is 1. The van der Waals surface area contributed by atoms with Crippen LogP contribution in [0.4, 0.5) is 0 Å². The number of aromatic amines is 1. The van der Waals surface area contributed by atoms with Crippen LogP contribution in [-0.2, 0) is 0 Å². The van der Waals surface area contributed by atoms with Gasteiger partial charge in [-0.1, -0.05) is 44.2 Å². The summed E-state index contributed by atoms with van der Waals surface area (Å²) in [5.41, 5.74) is 8.34. The minimum absolute atomic E-state index is 0.173. The van der Waals surface area contributed by atoms with E-state index in [0.717, 1.165) is 17.1 Å². The topological polar surface area (TPSA) is 54.7 Å². The maximum Gasteiger partial charge on any atom is 0.127 e. The average Bonchev–Trinajstić information content (AvgIpc) is 2.78. The van der Waals surface area contributed by atoms with Gasteiger partial charge in [-0.2, -0.15) is 0 Å². The lowest BCUT2D eigenvalue weighted by molar-refractivity contribution is 0.776. The highest BCUT2D eigenvalue weighted by Gasteiger charge is 2.13. The van der Waals surface area contributed by atoms with Crippen LogP contribution in [0.25, 0.3) is 0 Å². The first-order valence-electron chi connectivity index (χ1n) is 5.54. The van der Waals surface area contributed by atoms with Gasteiger partial charge in [-0.25, -0.2) is 4.98 Å². The molecule has 0 aliphatic rings. The largest absolute Gasteiger partial charge is 0.344 e. The summed E-state index contributed by atoms with van der Waals surface area (Å²) in [5.74, 6) is 1.28. The molecule has 3 heteroatoms. The van der Waals surface area contributed by atoms with E-state index in [1.807, 2.05) is 36.5 Å². The number of nitrogens with one attached hydrogen (secondary N) is 1. The quantitative estimate of drug-likeness (QED) is 0.826. The highest BCUT2D eigenvalue weighted by molar-refractivity contribution is 5.25. The van der Waals surface area contributed by atoms with E-state index in [1.54, 1.807) is 0 Å². The molecule has 3 nitrogen and oxygen atoms in total. The fourth-order valence-electron chi connectivity index (χ4n) is 1.62. The van der Waals surface area contributed by atoms with E-state index < -0.39 is 0 Å². The van der Waals surface area contributed by atoms with E-state index in [4.69, 9.17) is 5.73 Å². The van der Waals surface area contributed by atoms with Crippen molar-refractivity contribution in [1.82, 2.24) is 9.97 Å². The number of nitrogens with zero attached hydrogens (tertiary/aromatic N) is 1. The first-order valence-corrected chi connectivity index (χ1v) is 5.54. The molecule has 3 N–H and O–H groups in total. The molecule has 0 bridgehead atoms. The first-order chi connectivity index (χ1) is 7.68. The molecule has 1 heterocycles. The van der Waals surface area contributed by atoms with Gasteiger partial charge in [0.05, 0.1) is 6.04 Å². The van der Waals surface area contributed by atoms with E-state index in [-0.39, 0.29) is 6.04 Å². The molecule has 1 unspecified atom stereocenters. The Kier molecular flexibility index (Phi) is 3.06. The predicted molar refractivity (Wildman–Crippen MR) is 65.1 cm³/mol. The van der Waals surface area contributed by atoms with Crippen LogP contribution >= 0.6 is 0 Å². The van der Waals surface area contributed by atoms with E-state index in [0.29, 0.717) is 5.92 Å². The molecular weight excluding hydrogens is 198 g/mol.